The fourth-order valence-electron chi connectivity index (χ4n) is 4.52. The first-order chi connectivity index (χ1) is 15.0. The van der Waals surface area contributed by atoms with Crippen LogP contribution in [-0.2, 0) is 0 Å². The third-order valence-corrected chi connectivity index (χ3v) is 6.90. The molecule has 0 bridgehead atoms. The van der Waals surface area contributed by atoms with Crippen LogP contribution in [-0.4, -0.2) is 51.8 Å². The maximum atomic E-state index is 13.1. The highest BCUT2D eigenvalue weighted by Crippen LogP contribution is 2.21. The average Bonchev–Trinajstić information content (AvgIpc) is 3.16. The molecule has 31 heavy (non-hydrogen) atoms. The number of aromatic nitrogens is 2. The molecule has 2 heterocycles. The molecule has 2 N–H and O–H groups in total. The van der Waals surface area contributed by atoms with Crippen molar-refractivity contribution in [2.45, 2.75) is 64.0 Å². The van der Waals surface area contributed by atoms with Crippen molar-refractivity contribution in [3.63, 3.8) is 0 Å². The van der Waals surface area contributed by atoms with Gasteiger partial charge in [-0.3, -0.25) is 4.79 Å². The molecule has 1 aliphatic carbocycles. The van der Waals surface area contributed by atoms with Gasteiger partial charge in [0, 0.05) is 29.6 Å². The number of carbonyl (C=O) groups excluding carboxylic acids is 2. The summed E-state index contributed by atoms with van der Waals surface area (Å²) in [4.78, 5) is 27.2. The van der Waals surface area contributed by atoms with Crippen LogP contribution in [0, 0.1) is 6.92 Å². The zero-order valence-electron chi connectivity index (χ0n) is 17.9. The standard InChI is InChI=1S/C23H30BrN5O2/c1-16-21(15-25-29(16)20-9-7-17(24)8-10-20)22(30)28-13-11-19(12-14-28)27-23(31)26-18-5-3-2-4-6-18/h7-10,15,18-19H,2-6,11-14H2,1H3,(H2,26,27,31). The van der Waals surface area contributed by atoms with Crippen LogP contribution in [0.2, 0.25) is 0 Å². The highest BCUT2D eigenvalue weighted by molar-refractivity contribution is 9.10. The van der Waals surface area contributed by atoms with Gasteiger partial charge in [-0.15, -0.1) is 0 Å². The Morgan fingerprint density at radius 3 is 2.23 bits per heavy atom. The van der Waals surface area contributed by atoms with Crippen LogP contribution in [0.25, 0.3) is 5.69 Å². The van der Waals surface area contributed by atoms with Crippen molar-refractivity contribution < 1.29 is 9.59 Å². The normalized spacial score (nSPS) is 18.1. The molecule has 166 valence electrons. The van der Waals surface area contributed by atoms with Gasteiger partial charge in [-0.05, 0) is 56.9 Å². The molecule has 4 rings (SSSR count). The third kappa shape index (κ3) is 5.29. The number of rotatable bonds is 4. The summed E-state index contributed by atoms with van der Waals surface area (Å²) in [7, 11) is 0. The minimum absolute atomic E-state index is 0.00553. The Kier molecular flexibility index (Phi) is 6.95. The maximum Gasteiger partial charge on any atom is 0.315 e. The summed E-state index contributed by atoms with van der Waals surface area (Å²) >= 11 is 3.44. The number of hydrogen-bond donors (Lipinski definition) is 2. The quantitative estimate of drug-likeness (QED) is 0.678. The summed E-state index contributed by atoms with van der Waals surface area (Å²) < 4.78 is 2.80. The molecule has 7 nitrogen and oxygen atoms in total. The average molecular weight is 488 g/mol. The van der Waals surface area contributed by atoms with Gasteiger partial charge in [-0.2, -0.15) is 5.10 Å². The van der Waals surface area contributed by atoms with Crippen molar-refractivity contribution in [3.8, 4) is 5.69 Å². The molecule has 0 spiro atoms. The van der Waals surface area contributed by atoms with E-state index in [4.69, 9.17) is 0 Å². The van der Waals surface area contributed by atoms with Crippen molar-refractivity contribution in [2.75, 3.05) is 13.1 Å². The molecule has 1 aromatic heterocycles. The van der Waals surface area contributed by atoms with E-state index >= 15 is 0 Å². The van der Waals surface area contributed by atoms with Gasteiger partial charge in [0.1, 0.15) is 0 Å². The number of likely N-dealkylation sites (tertiary alicyclic amines) is 1. The van der Waals surface area contributed by atoms with Crippen LogP contribution >= 0.6 is 15.9 Å². The first-order valence-corrected chi connectivity index (χ1v) is 12.0. The van der Waals surface area contributed by atoms with Crippen LogP contribution in [0.5, 0.6) is 0 Å². The molecular formula is C23H30BrN5O2. The topological polar surface area (TPSA) is 79.3 Å². The lowest BCUT2D eigenvalue weighted by molar-refractivity contribution is 0.0707. The van der Waals surface area contributed by atoms with Crippen LogP contribution in [0.3, 0.4) is 0 Å². The molecule has 1 saturated heterocycles. The van der Waals surface area contributed by atoms with Crippen LogP contribution < -0.4 is 10.6 Å². The lowest BCUT2D eigenvalue weighted by atomic mass is 9.96. The molecule has 1 saturated carbocycles. The summed E-state index contributed by atoms with van der Waals surface area (Å²) in [6.45, 7) is 3.19. The van der Waals surface area contributed by atoms with Gasteiger partial charge in [0.2, 0.25) is 0 Å². The zero-order valence-corrected chi connectivity index (χ0v) is 19.5. The number of carbonyl (C=O) groups is 2. The second kappa shape index (κ2) is 9.85. The van der Waals surface area contributed by atoms with E-state index in [1.807, 2.05) is 36.1 Å². The van der Waals surface area contributed by atoms with Gasteiger partial charge in [-0.25, -0.2) is 9.48 Å². The number of halogens is 1. The molecule has 0 atom stereocenters. The predicted molar refractivity (Wildman–Crippen MR) is 123 cm³/mol. The highest BCUT2D eigenvalue weighted by Gasteiger charge is 2.27. The first-order valence-electron chi connectivity index (χ1n) is 11.2. The summed E-state index contributed by atoms with van der Waals surface area (Å²) in [5, 5.41) is 10.6. The van der Waals surface area contributed by atoms with E-state index in [2.05, 4.69) is 31.7 Å². The number of nitrogens with zero attached hydrogens (tertiary/aromatic N) is 3. The van der Waals surface area contributed by atoms with Crippen LogP contribution in [0.15, 0.2) is 34.9 Å². The molecular weight excluding hydrogens is 458 g/mol. The van der Waals surface area contributed by atoms with E-state index in [1.165, 1.54) is 19.3 Å². The molecule has 1 aromatic carbocycles. The predicted octanol–water partition coefficient (Wildman–Crippen LogP) is 4.18. The summed E-state index contributed by atoms with van der Waals surface area (Å²) in [5.74, 6) is 0.00553. The van der Waals surface area contributed by atoms with Crippen LogP contribution in [0.1, 0.15) is 61.0 Å². The Balaban J connectivity index is 1.30. The van der Waals surface area contributed by atoms with E-state index in [0.29, 0.717) is 24.7 Å². The van der Waals surface area contributed by atoms with Gasteiger partial charge >= 0.3 is 6.03 Å². The largest absolute Gasteiger partial charge is 0.338 e. The smallest absolute Gasteiger partial charge is 0.315 e. The summed E-state index contributed by atoms with van der Waals surface area (Å²) in [6, 6.07) is 8.20. The van der Waals surface area contributed by atoms with E-state index in [9.17, 15) is 9.59 Å². The zero-order chi connectivity index (χ0) is 21.8. The number of urea groups is 1. The Bertz CT molecular complexity index is 913. The molecule has 0 radical (unpaired) electrons. The van der Waals surface area contributed by atoms with Gasteiger partial charge in [0.25, 0.3) is 5.91 Å². The number of amides is 3. The first kappa shape index (κ1) is 21.9. The van der Waals surface area contributed by atoms with E-state index in [0.717, 1.165) is 41.5 Å². The van der Waals surface area contributed by atoms with Gasteiger partial charge < -0.3 is 15.5 Å². The van der Waals surface area contributed by atoms with Crippen molar-refractivity contribution in [1.82, 2.24) is 25.3 Å². The SMILES string of the molecule is Cc1c(C(=O)N2CCC(NC(=O)NC3CCCCC3)CC2)cnn1-c1ccc(Br)cc1. The Morgan fingerprint density at radius 2 is 1.58 bits per heavy atom. The lowest BCUT2D eigenvalue weighted by Gasteiger charge is -2.33. The fraction of sp³-hybridized carbons (Fsp3) is 0.522. The Hall–Kier alpha value is -2.35. The van der Waals surface area contributed by atoms with E-state index in [1.54, 1.807) is 10.9 Å². The highest BCUT2D eigenvalue weighted by atomic mass is 79.9. The second-order valence-corrected chi connectivity index (χ2v) is 9.47. The van der Waals surface area contributed by atoms with Gasteiger partial charge in [0.15, 0.2) is 0 Å². The number of piperidine rings is 1. The van der Waals surface area contributed by atoms with Crippen molar-refractivity contribution in [1.29, 1.82) is 0 Å². The number of hydrogen-bond acceptors (Lipinski definition) is 3. The molecule has 2 aromatic rings. The van der Waals surface area contributed by atoms with Crippen molar-refractivity contribution in [2.24, 2.45) is 0 Å². The van der Waals surface area contributed by atoms with Crippen molar-refractivity contribution >= 4 is 27.9 Å². The molecule has 2 fully saturated rings. The Labute approximate surface area is 191 Å². The molecule has 0 unspecified atom stereocenters. The van der Waals surface area contributed by atoms with Gasteiger partial charge in [0.05, 0.1) is 23.1 Å². The van der Waals surface area contributed by atoms with E-state index < -0.39 is 0 Å². The van der Waals surface area contributed by atoms with Gasteiger partial charge in [-0.1, -0.05) is 35.2 Å². The second-order valence-electron chi connectivity index (χ2n) is 8.55. The molecule has 1 aliphatic heterocycles. The number of nitrogens with one attached hydrogen (secondary N) is 2. The number of benzene rings is 1. The summed E-state index contributed by atoms with van der Waals surface area (Å²) in [5.41, 5.74) is 2.38. The minimum atomic E-state index is -0.0664. The monoisotopic (exact) mass is 487 g/mol. The molecule has 2 aliphatic rings. The van der Waals surface area contributed by atoms with Crippen molar-refractivity contribution in [3.05, 3.63) is 46.2 Å². The fourth-order valence-corrected chi connectivity index (χ4v) is 4.78. The lowest BCUT2D eigenvalue weighted by Crippen LogP contribution is -2.51. The minimum Gasteiger partial charge on any atom is -0.338 e. The molecule has 8 heteroatoms. The van der Waals surface area contributed by atoms with Crippen LogP contribution in [0.4, 0.5) is 4.79 Å². The third-order valence-electron chi connectivity index (χ3n) is 6.37. The van der Waals surface area contributed by atoms with E-state index in [-0.39, 0.29) is 18.0 Å². The maximum absolute atomic E-state index is 13.1. The summed E-state index contributed by atoms with van der Waals surface area (Å²) in [6.07, 6.45) is 9.01. The molecule has 3 amide bonds. The Morgan fingerprint density at radius 1 is 0.968 bits per heavy atom.